The van der Waals surface area contributed by atoms with Crippen molar-refractivity contribution < 1.29 is 19.4 Å². The zero-order valence-corrected chi connectivity index (χ0v) is 17.3. The maximum absolute atomic E-state index is 13.0. The van der Waals surface area contributed by atoms with Crippen LogP contribution in [-0.4, -0.2) is 38.8 Å². The maximum atomic E-state index is 13.0. The van der Waals surface area contributed by atoms with Crippen LogP contribution in [0.2, 0.25) is 5.02 Å². The summed E-state index contributed by atoms with van der Waals surface area (Å²) in [5.74, 6) is -1.40. The Hall–Kier alpha value is -3.71. The van der Waals surface area contributed by atoms with Crippen molar-refractivity contribution in [2.75, 3.05) is 7.11 Å². The molecule has 1 aliphatic heterocycles. The summed E-state index contributed by atoms with van der Waals surface area (Å²) in [4.78, 5) is 35.7. The van der Waals surface area contributed by atoms with Gasteiger partial charge in [-0.2, -0.15) is 0 Å². The van der Waals surface area contributed by atoms with Gasteiger partial charge >= 0.3 is 0 Å². The number of Topliss-reactive ketones (excluding diaryl/α,β-unsaturated/α-hetero) is 1. The van der Waals surface area contributed by atoms with Crippen molar-refractivity contribution >= 4 is 29.1 Å². The smallest absolute Gasteiger partial charge is 0.296 e. The van der Waals surface area contributed by atoms with Crippen molar-refractivity contribution in [3.63, 3.8) is 0 Å². The van der Waals surface area contributed by atoms with Crippen molar-refractivity contribution in [1.29, 1.82) is 0 Å². The number of methoxy groups -OCH3 is 1. The molecule has 2 aromatic heterocycles. The number of carbonyl (C=O) groups excluding carboxylic acids is 2. The summed E-state index contributed by atoms with van der Waals surface area (Å²) < 4.78 is 5.14. The van der Waals surface area contributed by atoms with Crippen LogP contribution in [0.4, 0.5) is 0 Å². The number of likely N-dealkylation sites (tertiary alicyclic amines) is 1. The van der Waals surface area contributed by atoms with E-state index in [0.29, 0.717) is 22.6 Å². The van der Waals surface area contributed by atoms with Gasteiger partial charge in [-0.25, -0.2) is 0 Å². The lowest BCUT2D eigenvalue weighted by molar-refractivity contribution is -0.140. The second-order valence-electron chi connectivity index (χ2n) is 6.88. The number of pyridine rings is 2. The normalized spacial score (nSPS) is 17.7. The van der Waals surface area contributed by atoms with Crippen LogP contribution >= 0.6 is 11.6 Å². The lowest BCUT2D eigenvalue weighted by atomic mass is 9.96. The summed E-state index contributed by atoms with van der Waals surface area (Å²) in [5.41, 5.74) is 1.48. The third kappa shape index (κ3) is 3.87. The molecule has 1 fully saturated rings. The number of nitrogens with zero attached hydrogens (tertiary/aromatic N) is 3. The molecule has 0 saturated carbocycles. The first-order chi connectivity index (χ1) is 15.0. The largest absolute Gasteiger partial charge is 0.507 e. The third-order valence-corrected chi connectivity index (χ3v) is 5.32. The molecule has 3 heterocycles. The Morgan fingerprint density at radius 3 is 2.65 bits per heavy atom. The predicted molar refractivity (Wildman–Crippen MR) is 114 cm³/mol. The molecule has 1 aromatic carbocycles. The highest BCUT2D eigenvalue weighted by Crippen LogP contribution is 2.40. The molecule has 0 aliphatic carbocycles. The molecular formula is C23H18ClN3O4. The van der Waals surface area contributed by atoms with E-state index in [2.05, 4.69) is 9.97 Å². The number of ether oxygens (including phenoxy) is 1. The third-order valence-electron chi connectivity index (χ3n) is 5.02. The van der Waals surface area contributed by atoms with Gasteiger partial charge in [-0.1, -0.05) is 23.7 Å². The van der Waals surface area contributed by atoms with Crippen molar-refractivity contribution in [2.24, 2.45) is 0 Å². The Kier molecular flexibility index (Phi) is 5.68. The Morgan fingerprint density at radius 1 is 1.16 bits per heavy atom. The SMILES string of the molecule is COc1ccc(/C(O)=C2/C(=O)C(=O)N(Cc3ccccn3)C2c2cccnc2)cc1Cl. The standard InChI is InChI=1S/C23H18ClN3O4/c1-31-18-8-7-14(11-17(18)24)21(28)19-20(15-5-4-9-25-12-15)27(23(30)22(19)29)13-16-6-2-3-10-26-16/h2-12,20,28H,13H2,1H3/b21-19-. The number of amides is 1. The number of carbonyl (C=O) groups is 2. The second-order valence-corrected chi connectivity index (χ2v) is 7.29. The van der Waals surface area contributed by atoms with E-state index >= 15 is 0 Å². The zero-order valence-electron chi connectivity index (χ0n) is 16.5. The topological polar surface area (TPSA) is 92.6 Å². The van der Waals surface area contributed by atoms with Gasteiger partial charge in [-0.3, -0.25) is 19.6 Å². The van der Waals surface area contributed by atoms with Gasteiger partial charge in [0.05, 0.1) is 36.0 Å². The van der Waals surface area contributed by atoms with E-state index in [0.717, 1.165) is 0 Å². The molecule has 0 spiro atoms. The molecule has 156 valence electrons. The molecule has 3 aromatic rings. The van der Waals surface area contributed by atoms with Crippen molar-refractivity contribution in [3.8, 4) is 5.75 Å². The minimum Gasteiger partial charge on any atom is -0.507 e. The summed E-state index contributed by atoms with van der Waals surface area (Å²) in [6.07, 6.45) is 4.78. The van der Waals surface area contributed by atoms with E-state index in [1.165, 1.54) is 18.1 Å². The van der Waals surface area contributed by atoms with Crippen LogP contribution in [-0.2, 0) is 16.1 Å². The lowest BCUT2D eigenvalue weighted by Gasteiger charge is -2.24. The van der Waals surface area contributed by atoms with Crippen LogP contribution in [0.1, 0.15) is 22.9 Å². The van der Waals surface area contributed by atoms with Gasteiger partial charge in [0, 0.05) is 24.2 Å². The molecule has 1 unspecified atom stereocenters. The molecule has 8 heteroatoms. The molecule has 31 heavy (non-hydrogen) atoms. The van der Waals surface area contributed by atoms with Gasteiger partial charge in [0.15, 0.2) is 0 Å². The van der Waals surface area contributed by atoms with E-state index in [9.17, 15) is 14.7 Å². The predicted octanol–water partition coefficient (Wildman–Crippen LogP) is 3.76. The first-order valence-electron chi connectivity index (χ1n) is 9.43. The number of aliphatic hydroxyl groups excluding tert-OH is 1. The minimum absolute atomic E-state index is 0.0323. The second kappa shape index (κ2) is 8.57. The Morgan fingerprint density at radius 2 is 2.00 bits per heavy atom. The van der Waals surface area contributed by atoms with E-state index in [1.54, 1.807) is 61.1 Å². The van der Waals surface area contributed by atoms with Crippen LogP contribution in [0.3, 0.4) is 0 Å². The highest BCUT2D eigenvalue weighted by Gasteiger charge is 2.46. The zero-order chi connectivity index (χ0) is 22.0. The van der Waals surface area contributed by atoms with Crippen LogP contribution in [0.25, 0.3) is 5.76 Å². The fraction of sp³-hybridized carbons (Fsp3) is 0.130. The highest BCUT2D eigenvalue weighted by atomic mass is 35.5. The Labute approximate surface area is 183 Å². The first kappa shape index (κ1) is 20.6. The Balaban J connectivity index is 1.85. The number of rotatable bonds is 5. The number of aliphatic hydroxyl groups is 1. The fourth-order valence-electron chi connectivity index (χ4n) is 3.56. The van der Waals surface area contributed by atoms with Gasteiger partial charge < -0.3 is 14.7 Å². The molecule has 1 saturated heterocycles. The van der Waals surface area contributed by atoms with E-state index in [4.69, 9.17) is 16.3 Å². The number of hydrogen-bond donors (Lipinski definition) is 1. The fourth-order valence-corrected chi connectivity index (χ4v) is 3.82. The van der Waals surface area contributed by atoms with Crippen molar-refractivity contribution in [1.82, 2.24) is 14.9 Å². The van der Waals surface area contributed by atoms with Crippen LogP contribution in [0.5, 0.6) is 5.75 Å². The molecule has 1 atom stereocenters. The monoisotopic (exact) mass is 435 g/mol. The average Bonchev–Trinajstić information content (AvgIpc) is 3.04. The molecule has 0 radical (unpaired) electrons. The molecule has 0 bridgehead atoms. The Bertz CT molecular complexity index is 1170. The van der Waals surface area contributed by atoms with Gasteiger partial charge in [0.25, 0.3) is 11.7 Å². The molecule has 4 rings (SSSR count). The minimum atomic E-state index is -0.823. The highest BCUT2D eigenvalue weighted by molar-refractivity contribution is 6.46. The van der Waals surface area contributed by atoms with Crippen LogP contribution in [0, 0.1) is 0 Å². The molecule has 1 N–H and O–H groups in total. The van der Waals surface area contributed by atoms with Crippen LogP contribution in [0.15, 0.2) is 72.7 Å². The quantitative estimate of drug-likeness (QED) is 0.372. The van der Waals surface area contributed by atoms with Gasteiger partial charge in [-0.05, 0) is 42.0 Å². The van der Waals surface area contributed by atoms with Crippen LogP contribution < -0.4 is 4.74 Å². The number of hydrogen-bond acceptors (Lipinski definition) is 6. The number of halogens is 1. The summed E-state index contributed by atoms with van der Waals surface area (Å²) in [6, 6.07) is 12.6. The summed E-state index contributed by atoms with van der Waals surface area (Å²) >= 11 is 6.20. The summed E-state index contributed by atoms with van der Waals surface area (Å²) in [6.45, 7) is 0.102. The summed E-state index contributed by atoms with van der Waals surface area (Å²) in [7, 11) is 1.48. The van der Waals surface area contributed by atoms with Crippen molar-refractivity contribution in [2.45, 2.75) is 12.6 Å². The summed E-state index contributed by atoms with van der Waals surface area (Å²) in [5, 5.41) is 11.3. The van der Waals surface area contributed by atoms with Gasteiger partial charge in [0.1, 0.15) is 11.5 Å². The van der Waals surface area contributed by atoms with Gasteiger partial charge in [0.2, 0.25) is 0 Å². The number of aromatic nitrogens is 2. The maximum Gasteiger partial charge on any atom is 0.296 e. The number of ketones is 1. The van der Waals surface area contributed by atoms with E-state index < -0.39 is 17.7 Å². The molecule has 1 amide bonds. The van der Waals surface area contributed by atoms with Gasteiger partial charge in [-0.15, -0.1) is 0 Å². The molecule has 7 nitrogen and oxygen atoms in total. The molecular weight excluding hydrogens is 418 g/mol. The van der Waals surface area contributed by atoms with Crippen molar-refractivity contribution in [3.05, 3.63) is 94.5 Å². The first-order valence-corrected chi connectivity index (χ1v) is 9.81. The average molecular weight is 436 g/mol. The molecule has 1 aliphatic rings. The van der Waals surface area contributed by atoms with E-state index in [-0.39, 0.29) is 22.9 Å². The van der Waals surface area contributed by atoms with E-state index in [1.807, 2.05) is 0 Å². The number of benzene rings is 1. The lowest BCUT2D eigenvalue weighted by Crippen LogP contribution is -2.29.